The summed E-state index contributed by atoms with van der Waals surface area (Å²) >= 11 is 1.45. The molecule has 2 aromatic carbocycles. The van der Waals surface area contributed by atoms with Crippen LogP contribution in [0.4, 0.5) is 5.69 Å². The Morgan fingerprint density at radius 1 is 1.17 bits per heavy atom. The smallest absolute Gasteiger partial charge is 0.279 e. The van der Waals surface area contributed by atoms with Crippen molar-refractivity contribution in [3.8, 4) is 0 Å². The van der Waals surface area contributed by atoms with Gasteiger partial charge in [0.2, 0.25) is 11.8 Å². The first-order valence-electron chi connectivity index (χ1n) is 9.65. The highest BCUT2D eigenvalue weighted by Crippen LogP contribution is 2.25. The van der Waals surface area contributed by atoms with Gasteiger partial charge in [-0.2, -0.15) is 4.99 Å². The van der Waals surface area contributed by atoms with Gasteiger partial charge in [-0.15, -0.1) is 6.58 Å². The lowest BCUT2D eigenvalue weighted by molar-refractivity contribution is -0.121. The second kappa shape index (κ2) is 7.84. The summed E-state index contributed by atoms with van der Waals surface area (Å²) in [5, 5.41) is 0. The number of carbonyl (C=O) groups excluding carboxylic acids is 3. The molecule has 0 aliphatic carbocycles. The molecular formula is C23H21N3O3S. The molecule has 152 valence electrons. The van der Waals surface area contributed by atoms with Gasteiger partial charge in [-0.3, -0.25) is 19.3 Å². The molecule has 0 N–H and O–H groups in total. The third-order valence-corrected chi connectivity index (χ3v) is 6.05. The maximum absolute atomic E-state index is 12.9. The number of imide groups is 1. The summed E-state index contributed by atoms with van der Waals surface area (Å²) in [7, 11) is 0. The van der Waals surface area contributed by atoms with Crippen LogP contribution in [-0.4, -0.2) is 22.3 Å². The zero-order valence-electron chi connectivity index (χ0n) is 16.8. The minimum absolute atomic E-state index is 0.198. The summed E-state index contributed by atoms with van der Waals surface area (Å²) < 4.78 is 3.04. The van der Waals surface area contributed by atoms with Crippen LogP contribution in [0, 0.1) is 13.8 Å². The number of aryl methyl sites for hydroxylation is 2. The first-order chi connectivity index (χ1) is 14.4. The van der Waals surface area contributed by atoms with E-state index in [1.165, 1.54) is 11.3 Å². The Bertz CT molecular complexity index is 1270. The minimum Gasteiger partial charge on any atom is -0.312 e. The number of fused-ring (bicyclic) bond motifs is 1. The number of amides is 3. The van der Waals surface area contributed by atoms with E-state index in [-0.39, 0.29) is 24.7 Å². The van der Waals surface area contributed by atoms with E-state index in [1.807, 2.05) is 18.4 Å². The third kappa shape index (κ3) is 3.52. The lowest BCUT2D eigenvalue weighted by atomic mass is 10.1. The number of hydrogen-bond donors (Lipinski definition) is 0. The number of thiazole rings is 1. The summed E-state index contributed by atoms with van der Waals surface area (Å²) in [5.41, 5.74) is 4.04. The number of rotatable bonds is 4. The molecule has 0 radical (unpaired) electrons. The highest BCUT2D eigenvalue weighted by molar-refractivity contribution is 7.16. The third-order valence-electron chi connectivity index (χ3n) is 5.02. The zero-order valence-corrected chi connectivity index (χ0v) is 17.7. The molecule has 3 aromatic rings. The number of aromatic nitrogens is 1. The normalized spacial score (nSPS) is 14.7. The monoisotopic (exact) mass is 419 g/mol. The first kappa shape index (κ1) is 20.0. The quantitative estimate of drug-likeness (QED) is 0.476. The topological polar surface area (TPSA) is 71.7 Å². The molecule has 3 amide bonds. The summed E-state index contributed by atoms with van der Waals surface area (Å²) in [6.07, 6.45) is 2.17. The Morgan fingerprint density at radius 3 is 2.60 bits per heavy atom. The van der Waals surface area contributed by atoms with Crippen LogP contribution in [0.5, 0.6) is 0 Å². The van der Waals surface area contributed by atoms with Crippen molar-refractivity contribution in [2.24, 2.45) is 4.99 Å². The van der Waals surface area contributed by atoms with Gasteiger partial charge in [-0.1, -0.05) is 29.5 Å². The van der Waals surface area contributed by atoms with Crippen LogP contribution in [0.25, 0.3) is 10.2 Å². The number of carbonyl (C=O) groups is 3. The Morgan fingerprint density at radius 2 is 1.90 bits per heavy atom. The minimum atomic E-state index is -0.422. The van der Waals surface area contributed by atoms with E-state index in [0.717, 1.165) is 26.2 Å². The van der Waals surface area contributed by atoms with Crippen molar-refractivity contribution >= 4 is 45.0 Å². The molecule has 7 heteroatoms. The van der Waals surface area contributed by atoms with Gasteiger partial charge in [0.05, 0.1) is 15.9 Å². The molecule has 1 aliphatic rings. The SMILES string of the molecule is C=CCn1c(=NC(=O)c2cccc(N3C(=O)CCC3=O)c2)sc2cc(C)cc(C)c21. The van der Waals surface area contributed by atoms with Gasteiger partial charge in [0.25, 0.3) is 5.91 Å². The van der Waals surface area contributed by atoms with Gasteiger partial charge in [0.1, 0.15) is 0 Å². The van der Waals surface area contributed by atoms with Crippen molar-refractivity contribution in [2.75, 3.05) is 4.90 Å². The van der Waals surface area contributed by atoms with E-state index in [2.05, 4.69) is 23.7 Å². The Labute approximate surface area is 177 Å². The van der Waals surface area contributed by atoms with Crippen LogP contribution in [0.3, 0.4) is 0 Å². The predicted octanol–water partition coefficient (Wildman–Crippen LogP) is 3.90. The fraction of sp³-hybridized carbons (Fsp3) is 0.217. The second-order valence-electron chi connectivity index (χ2n) is 7.30. The molecule has 1 aromatic heterocycles. The lowest BCUT2D eigenvalue weighted by Crippen LogP contribution is -2.28. The predicted molar refractivity (Wildman–Crippen MR) is 118 cm³/mol. The molecule has 0 bridgehead atoms. The number of benzene rings is 2. The molecule has 1 saturated heterocycles. The van der Waals surface area contributed by atoms with E-state index in [1.54, 1.807) is 30.3 Å². The Kier molecular flexibility index (Phi) is 5.22. The van der Waals surface area contributed by atoms with Crippen LogP contribution in [0.15, 0.2) is 54.0 Å². The van der Waals surface area contributed by atoms with Gasteiger partial charge in [-0.25, -0.2) is 0 Å². The van der Waals surface area contributed by atoms with Gasteiger partial charge in [-0.05, 0) is 49.2 Å². The van der Waals surface area contributed by atoms with Crippen molar-refractivity contribution in [2.45, 2.75) is 33.2 Å². The van der Waals surface area contributed by atoms with E-state index < -0.39 is 5.91 Å². The largest absolute Gasteiger partial charge is 0.312 e. The van der Waals surface area contributed by atoms with Gasteiger partial charge in [0, 0.05) is 24.9 Å². The van der Waals surface area contributed by atoms with Crippen molar-refractivity contribution in [3.05, 3.63) is 70.5 Å². The van der Waals surface area contributed by atoms with Crippen molar-refractivity contribution < 1.29 is 14.4 Å². The number of allylic oxidation sites excluding steroid dienone is 1. The molecule has 0 spiro atoms. The molecule has 1 aliphatic heterocycles. The van der Waals surface area contributed by atoms with E-state index in [4.69, 9.17) is 0 Å². The van der Waals surface area contributed by atoms with Gasteiger partial charge in [0.15, 0.2) is 4.80 Å². The fourth-order valence-electron chi connectivity index (χ4n) is 3.77. The number of hydrogen-bond acceptors (Lipinski definition) is 4. The first-order valence-corrected chi connectivity index (χ1v) is 10.5. The van der Waals surface area contributed by atoms with Crippen LogP contribution >= 0.6 is 11.3 Å². The van der Waals surface area contributed by atoms with E-state index in [0.29, 0.717) is 22.6 Å². The molecule has 0 atom stereocenters. The molecule has 2 heterocycles. The highest BCUT2D eigenvalue weighted by Gasteiger charge is 2.30. The Hall–Kier alpha value is -3.32. The average molecular weight is 420 g/mol. The number of nitrogens with zero attached hydrogens (tertiary/aromatic N) is 3. The van der Waals surface area contributed by atoms with Crippen LogP contribution in [0.2, 0.25) is 0 Å². The van der Waals surface area contributed by atoms with E-state index in [9.17, 15) is 14.4 Å². The standard InChI is InChI=1S/C23H21N3O3S/c1-4-10-25-21-15(3)11-14(2)12-18(21)30-23(25)24-22(29)16-6-5-7-17(13-16)26-19(27)8-9-20(26)28/h4-7,11-13H,1,8-10H2,2-3H3. The average Bonchev–Trinajstić information content (AvgIpc) is 3.21. The second-order valence-corrected chi connectivity index (χ2v) is 8.31. The summed E-state index contributed by atoms with van der Waals surface area (Å²) in [4.78, 5) is 43.1. The van der Waals surface area contributed by atoms with E-state index >= 15 is 0 Å². The molecular weight excluding hydrogens is 398 g/mol. The lowest BCUT2D eigenvalue weighted by Gasteiger charge is -2.14. The zero-order chi connectivity index (χ0) is 21.4. The maximum atomic E-state index is 12.9. The van der Waals surface area contributed by atoms with Gasteiger partial charge < -0.3 is 4.57 Å². The summed E-state index contributed by atoms with van der Waals surface area (Å²) in [5.74, 6) is -0.920. The fourth-order valence-corrected chi connectivity index (χ4v) is 4.98. The van der Waals surface area contributed by atoms with Crippen LogP contribution in [0.1, 0.15) is 34.3 Å². The van der Waals surface area contributed by atoms with Crippen LogP contribution in [-0.2, 0) is 16.1 Å². The molecule has 30 heavy (non-hydrogen) atoms. The Balaban J connectivity index is 1.79. The summed E-state index contributed by atoms with van der Waals surface area (Å²) in [6.45, 7) is 8.44. The number of anilines is 1. The highest BCUT2D eigenvalue weighted by atomic mass is 32.1. The maximum Gasteiger partial charge on any atom is 0.279 e. The van der Waals surface area contributed by atoms with Crippen molar-refractivity contribution in [1.29, 1.82) is 0 Å². The molecule has 1 fully saturated rings. The molecule has 4 rings (SSSR count). The summed E-state index contributed by atoms with van der Waals surface area (Å²) in [6, 6.07) is 10.7. The van der Waals surface area contributed by atoms with Gasteiger partial charge >= 0.3 is 0 Å². The van der Waals surface area contributed by atoms with Crippen molar-refractivity contribution in [1.82, 2.24) is 4.57 Å². The molecule has 0 unspecified atom stereocenters. The van der Waals surface area contributed by atoms with Crippen LogP contribution < -0.4 is 9.70 Å². The van der Waals surface area contributed by atoms with Crippen molar-refractivity contribution in [3.63, 3.8) is 0 Å². The molecule has 0 saturated carbocycles. The molecule has 6 nitrogen and oxygen atoms in total.